The van der Waals surface area contributed by atoms with Crippen molar-refractivity contribution in [3.63, 3.8) is 0 Å². The summed E-state index contributed by atoms with van der Waals surface area (Å²) in [6, 6.07) is 2.89. The van der Waals surface area contributed by atoms with Gasteiger partial charge in [0.1, 0.15) is 6.04 Å². The first kappa shape index (κ1) is 29.6. The maximum Gasteiger partial charge on any atom is 0.328 e. The van der Waals surface area contributed by atoms with Crippen LogP contribution in [0.4, 0.5) is 10.6 Å². The molecule has 0 saturated carbocycles. The van der Waals surface area contributed by atoms with Gasteiger partial charge in [0, 0.05) is 29.0 Å². The number of esters is 1. The van der Waals surface area contributed by atoms with Crippen molar-refractivity contribution in [1.82, 2.24) is 29.7 Å². The van der Waals surface area contributed by atoms with Crippen LogP contribution < -0.4 is 20.5 Å². The van der Waals surface area contributed by atoms with Crippen molar-refractivity contribution in [3.05, 3.63) is 22.9 Å². The van der Waals surface area contributed by atoms with Gasteiger partial charge in [-0.25, -0.2) is 24.5 Å². The van der Waals surface area contributed by atoms with Crippen LogP contribution >= 0.6 is 39.5 Å². The number of likely N-dealkylation sites (tertiary alicyclic amines) is 1. The third-order valence-electron chi connectivity index (χ3n) is 7.08. The fourth-order valence-electron chi connectivity index (χ4n) is 4.89. The lowest BCUT2D eigenvalue weighted by Crippen LogP contribution is -2.51. The SMILES string of the molecule is COC(=O)[C@H](CCSC)NC(=O)N1CCCC(CCn2cnc(N)c3nc(Sc4cc5c(cc4Br)OCO5)nc2-3)C1. The van der Waals surface area contributed by atoms with Gasteiger partial charge in [0.05, 0.1) is 13.4 Å². The number of benzene rings is 1. The molecular formula is C26H32BrN7O5S2. The molecule has 15 heteroatoms. The summed E-state index contributed by atoms with van der Waals surface area (Å²) in [5.41, 5.74) is 6.71. The number of piperidine rings is 1. The second-order valence-electron chi connectivity index (χ2n) is 9.79. The predicted molar refractivity (Wildman–Crippen MR) is 159 cm³/mol. The lowest BCUT2D eigenvalue weighted by molar-refractivity contribution is -0.142. The van der Waals surface area contributed by atoms with Gasteiger partial charge < -0.3 is 34.7 Å². The standard InChI is InChI=1S/C26H32BrN7O5S2/c1-37-24(35)17(6-9-40-2)30-26(36)33-7-3-4-15(12-33)5-8-34-13-29-22(28)21-23(34)32-25(31-21)41-20-11-19-18(10-16(20)27)38-14-39-19/h10-11,13,15,17H,3-9,12,14,28H2,1-2H3,(H,30,36)/t15?,17-/m0/s1. The number of aromatic nitrogens is 4. The van der Waals surface area contributed by atoms with Crippen molar-refractivity contribution in [2.45, 2.75) is 48.3 Å². The average molecular weight is 667 g/mol. The molecule has 220 valence electrons. The summed E-state index contributed by atoms with van der Waals surface area (Å²) >= 11 is 6.61. The fraction of sp³-hybridized carbons (Fsp3) is 0.500. The van der Waals surface area contributed by atoms with E-state index in [0.29, 0.717) is 66.0 Å². The number of nitrogens with two attached hydrogens (primary N) is 1. The van der Waals surface area contributed by atoms with Crippen molar-refractivity contribution in [3.8, 4) is 23.0 Å². The number of fused-ring (bicyclic) bond motifs is 2. The molecule has 4 heterocycles. The maximum atomic E-state index is 13.0. The lowest BCUT2D eigenvalue weighted by atomic mass is 9.95. The van der Waals surface area contributed by atoms with Gasteiger partial charge in [0.15, 0.2) is 34.0 Å². The third-order valence-corrected chi connectivity index (χ3v) is 9.56. The summed E-state index contributed by atoms with van der Waals surface area (Å²) in [4.78, 5) is 41.6. The number of anilines is 1. The van der Waals surface area contributed by atoms with Gasteiger partial charge in [-0.05, 0) is 83.4 Å². The Hall–Kier alpha value is -2.91. The van der Waals surface area contributed by atoms with E-state index in [4.69, 9.17) is 24.9 Å². The maximum absolute atomic E-state index is 13.0. The number of nitrogens with zero attached hydrogens (tertiary/aromatic N) is 5. The minimum absolute atomic E-state index is 0.199. The smallest absolute Gasteiger partial charge is 0.328 e. The van der Waals surface area contributed by atoms with Crippen molar-refractivity contribution < 1.29 is 23.8 Å². The second kappa shape index (κ2) is 13.4. The number of nitrogens with one attached hydrogen (secondary N) is 1. The molecule has 12 nitrogen and oxygen atoms in total. The van der Waals surface area contributed by atoms with Gasteiger partial charge in [-0.3, -0.25) is 0 Å². The molecule has 41 heavy (non-hydrogen) atoms. The quantitative estimate of drug-likeness (QED) is 0.302. The van der Waals surface area contributed by atoms with Crippen LogP contribution in [0.5, 0.6) is 11.5 Å². The Bertz CT molecular complexity index is 1380. The van der Waals surface area contributed by atoms with Crippen molar-refractivity contribution in [1.29, 1.82) is 0 Å². The molecule has 0 aromatic heterocycles. The summed E-state index contributed by atoms with van der Waals surface area (Å²) in [5, 5.41) is 3.42. The number of imidazole rings is 1. The van der Waals surface area contributed by atoms with Gasteiger partial charge in [-0.1, -0.05) is 0 Å². The molecule has 1 aromatic carbocycles. The minimum atomic E-state index is -0.647. The Labute approximate surface area is 254 Å². The monoisotopic (exact) mass is 665 g/mol. The fourth-order valence-corrected chi connectivity index (χ4v) is 6.72. The molecule has 5 rings (SSSR count). The number of amides is 2. The highest BCUT2D eigenvalue weighted by Crippen LogP contribution is 2.43. The summed E-state index contributed by atoms with van der Waals surface area (Å²) in [6.07, 6.45) is 6.91. The molecule has 0 aliphatic carbocycles. The second-order valence-corrected chi connectivity index (χ2v) is 12.6. The molecule has 4 aliphatic rings. The molecule has 3 N–H and O–H groups in total. The van der Waals surface area contributed by atoms with Gasteiger partial charge in [0.2, 0.25) is 6.79 Å². The van der Waals surface area contributed by atoms with E-state index >= 15 is 0 Å². The van der Waals surface area contributed by atoms with Crippen molar-refractivity contribution in [2.24, 2.45) is 5.92 Å². The number of urea groups is 1. The molecule has 0 radical (unpaired) electrons. The zero-order chi connectivity index (χ0) is 28.9. The first-order valence-corrected chi connectivity index (χ1v) is 16.2. The number of ether oxygens (including phenoxy) is 3. The Kier molecular flexibility index (Phi) is 9.65. The van der Waals surface area contributed by atoms with Crippen LogP contribution in [0.3, 0.4) is 0 Å². The van der Waals surface area contributed by atoms with Crippen LogP contribution in [-0.2, 0) is 16.1 Å². The highest BCUT2D eigenvalue weighted by molar-refractivity contribution is 9.10. The van der Waals surface area contributed by atoms with Crippen LogP contribution in [0, 0.1) is 5.92 Å². The van der Waals surface area contributed by atoms with Crippen LogP contribution in [0.25, 0.3) is 11.5 Å². The van der Waals surface area contributed by atoms with E-state index in [1.54, 1.807) is 23.0 Å². The number of rotatable bonds is 10. The molecule has 2 atom stereocenters. The Morgan fingerprint density at radius 2 is 2.10 bits per heavy atom. The van der Waals surface area contributed by atoms with Gasteiger partial charge in [-0.15, -0.1) is 0 Å². The van der Waals surface area contributed by atoms with E-state index in [1.807, 2.05) is 23.0 Å². The number of carbonyl (C=O) groups is 2. The van der Waals surface area contributed by atoms with Gasteiger partial charge in [-0.2, -0.15) is 11.8 Å². The minimum Gasteiger partial charge on any atom is -0.467 e. The summed E-state index contributed by atoms with van der Waals surface area (Å²) in [5.74, 6) is 2.98. The highest BCUT2D eigenvalue weighted by Gasteiger charge is 2.28. The molecule has 4 aliphatic heterocycles. The van der Waals surface area contributed by atoms with Crippen molar-refractivity contribution in [2.75, 3.05) is 44.7 Å². The van der Waals surface area contributed by atoms with E-state index in [0.717, 1.165) is 34.4 Å². The highest BCUT2D eigenvalue weighted by atomic mass is 79.9. The third kappa shape index (κ3) is 6.95. The number of hydrogen-bond acceptors (Lipinski definition) is 11. The van der Waals surface area contributed by atoms with Gasteiger partial charge >= 0.3 is 12.0 Å². The van der Waals surface area contributed by atoms with E-state index in [-0.39, 0.29) is 12.8 Å². The molecule has 0 bridgehead atoms. The van der Waals surface area contributed by atoms with Crippen LogP contribution in [0.1, 0.15) is 25.7 Å². The van der Waals surface area contributed by atoms with Crippen LogP contribution in [0.15, 0.2) is 33.0 Å². The Morgan fingerprint density at radius 1 is 1.29 bits per heavy atom. The number of thioether (sulfide) groups is 1. The first-order valence-electron chi connectivity index (χ1n) is 13.2. The zero-order valence-electron chi connectivity index (χ0n) is 22.8. The zero-order valence-corrected chi connectivity index (χ0v) is 26.0. The number of nitrogen functional groups attached to an aromatic ring is 1. The molecule has 0 spiro atoms. The summed E-state index contributed by atoms with van der Waals surface area (Å²) in [6.45, 7) is 2.12. The average Bonchev–Trinajstić information content (AvgIpc) is 3.62. The van der Waals surface area contributed by atoms with Crippen LogP contribution in [0.2, 0.25) is 0 Å². The van der Waals surface area contributed by atoms with Crippen molar-refractivity contribution >= 4 is 57.3 Å². The lowest BCUT2D eigenvalue weighted by Gasteiger charge is -2.34. The van der Waals surface area contributed by atoms with Crippen LogP contribution in [-0.4, -0.2) is 81.5 Å². The number of methoxy groups -OCH3 is 1. The number of hydrogen-bond donors (Lipinski definition) is 2. The van der Waals surface area contributed by atoms with E-state index < -0.39 is 12.0 Å². The predicted octanol–water partition coefficient (Wildman–Crippen LogP) is 4.11. The molecular weight excluding hydrogens is 634 g/mol. The van der Waals surface area contributed by atoms with Gasteiger partial charge in [0.25, 0.3) is 0 Å². The Morgan fingerprint density at radius 3 is 2.88 bits per heavy atom. The molecule has 2 amide bonds. The first-order chi connectivity index (χ1) is 19.9. The summed E-state index contributed by atoms with van der Waals surface area (Å²) in [7, 11) is 1.34. The summed E-state index contributed by atoms with van der Waals surface area (Å²) < 4.78 is 18.7. The normalized spacial score (nSPS) is 17.0. The van der Waals surface area contributed by atoms with E-state index in [9.17, 15) is 9.59 Å². The number of aryl methyl sites for hydroxylation is 1. The molecule has 1 aromatic rings. The largest absolute Gasteiger partial charge is 0.467 e. The Balaban J connectivity index is 1.23. The molecule has 1 saturated heterocycles. The number of halogens is 1. The molecule has 1 fully saturated rings. The van der Waals surface area contributed by atoms with E-state index in [1.165, 1.54) is 18.9 Å². The van der Waals surface area contributed by atoms with E-state index in [2.05, 4.69) is 31.2 Å². The number of carbonyl (C=O) groups excluding carboxylic acids is 2. The molecule has 1 unspecified atom stereocenters. The topological polar surface area (TPSA) is 147 Å².